The summed E-state index contributed by atoms with van der Waals surface area (Å²) in [5.41, 5.74) is 0. The van der Waals surface area contributed by atoms with Gasteiger partial charge in [0.1, 0.15) is 12.6 Å². The molecule has 18 heavy (non-hydrogen) atoms. The molecular weight excluding hydrogens is 234 g/mol. The number of carbonyl (C=O) groups is 2. The monoisotopic (exact) mass is 253 g/mol. The van der Waals surface area contributed by atoms with Crippen molar-refractivity contribution >= 4 is 12.1 Å². The third-order valence-electron chi connectivity index (χ3n) is 4.01. The summed E-state index contributed by atoms with van der Waals surface area (Å²) in [6, 6.07) is -0.715. The molecule has 1 saturated carbocycles. The highest BCUT2D eigenvalue weighted by molar-refractivity contribution is 5.81. The van der Waals surface area contributed by atoms with Crippen molar-refractivity contribution in [3.8, 4) is 0 Å². The van der Waals surface area contributed by atoms with Crippen LogP contribution in [0, 0.1) is 11.8 Å². The average Bonchev–Trinajstić information content (AvgIpc) is 2.68. The summed E-state index contributed by atoms with van der Waals surface area (Å²) in [6.45, 7) is 4.07. The van der Waals surface area contributed by atoms with Gasteiger partial charge in [0.2, 0.25) is 0 Å². The Bertz CT molecular complexity index is 351. The molecule has 1 aliphatic carbocycles. The summed E-state index contributed by atoms with van der Waals surface area (Å²) in [7, 11) is 0. The van der Waals surface area contributed by atoms with E-state index in [0.717, 1.165) is 19.3 Å². The number of aliphatic carboxylic acids is 1. The van der Waals surface area contributed by atoms with Crippen molar-refractivity contribution in [3.05, 3.63) is 12.7 Å². The summed E-state index contributed by atoms with van der Waals surface area (Å²) in [5.74, 6) is -0.365. The highest BCUT2D eigenvalue weighted by Gasteiger charge is 2.47. The molecule has 0 aromatic carbocycles. The SMILES string of the molecule is C=CCOC(=O)N1CC[C@@H](C2CCC2)[C@H]1C(=O)O. The number of likely N-dealkylation sites (tertiary alicyclic amines) is 1. The van der Waals surface area contributed by atoms with E-state index < -0.39 is 18.1 Å². The zero-order valence-electron chi connectivity index (χ0n) is 10.4. The predicted molar refractivity (Wildman–Crippen MR) is 65.1 cm³/mol. The second kappa shape index (κ2) is 5.42. The van der Waals surface area contributed by atoms with Crippen LogP contribution in [0.4, 0.5) is 4.79 Å². The molecule has 1 N–H and O–H groups in total. The maximum atomic E-state index is 11.8. The quantitative estimate of drug-likeness (QED) is 0.777. The van der Waals surface area contributed by atoms with Gasteiger partial charge in [-0.15, -0.1) is 0 Å². The molecule has 0 radical (unpaired) electrons. The zero-order chi connectivity index (χ0) is 13.1. The van der Waals surface area contributed by atoms with E-state index >= 15 is 0 Å². The van der Waals surface area contributed by atoms with Crippen LogP contribution < -0.4 is 0 Å². The molecule has 1 heterocycles. The number of carbonyl (C=O) groups excluding carboxylic acids is 1. The van der Waals surface area contributed by atoms with Gasteiger partial charge < -0.3 is 9.84 Å². The fourth-order valence-corrected chi connectivity index (χ4v) is 2.91. The Morgan fingerprint density at radius 2 is 2.11 bits per heavy atom. The van der Waals surface area contributed by atoms with Crippen LogP contribution in [0.2, 0.25) is 0 Å². The van der Waals surface area contributed by atoms with Crippen LogP contribution in [0.1, 0.15) is 25.7 Å². The van der Waals surface area contributed by atoms with Crippen LogP contribution in [-0.4, -0.2) is 41.3 Å². The normalized spacial score (nSPS) is 27.7. The Labute approximate surface area is 106 Å². The Kier molecular flexibility index (Phi) is 3.89. The second-order valence-electron chi connectivity index (χ2n) is 4.99. The van der Waals surface area contributed by atoms with Gasteiger partial charge in [0, 0.05) is 6.54 Å². The van der Waals surface area contributed by atoms with E-state index in [1.54, 1.807) is 0 Å². The van der Waals surface area contributed by atoms with Crippen LogP contribution in [0.25, 0.3) is 0 Å². The topological polar surface area (TPSA) is 66.8 Å². The van der Waals surface area contributed by atoms with Crippen molar-refractivity contribution in [2.45, 2.75) is 31.7 Å². The summed E-state index contributed by atoms with van der Waals surface area (Å²) >= 11 is 0. The standard InChI is InChI=1S/C13H19NO4/c1-2-8-18-13(17)14-7-6-10(9-4-3-5-9)11(14)12(15)16/h2,9-11H,1,3-8H2,(H,15,16)/t10-,11-/m0/s1. The Morgan fingerprint density at radius 3 is 2.61 bits per heavy atom. The largest absolute Gasteiger partial charge is 0.480 e. The van der Waals surface area contributed by atoms with Gasteiger partial charge in [-0.05, 0) is 18.3 Å². The van der Waals surface area contributed by atoms with Crippen LogP contribution in [0.5, 0.6) is 0 Å². The molecule has 0 bridgehead atoms. The molecule has 2 rings (SSSR count). The first-order valence-electron chi connectivity index (χ1n) is 6.42. The first-order valence-corrected chi connectivity index (χ1v) is 6.42. The van der Waals surface area contributed by atoms with Gasteiger partial charge in [0.15, 0.2) is 0 Å². The van der Waals surface area contributed by atoms with Crippen molar-refractivity contribution in [2.24, 2.45) is 11.8 Å². The highest BCUT2D eigenvalue weighted by atomic mass is 16.6. The molecule has 100 valence electrons. The highest BCUT2D eigenvalue weighted by Crippen LogP contribution is 2.41. The smallest absolute Gasteiger partial charge is 0.410 e. The summed E-state index contributed by atoms with van der Waals surface area (Å²) in [4.78, 5) is 24.5. The van der Waals surface area contributed by atoms with Gasteiger partial charge in [0.05, 0.1) is 0 Å². The van der Waals surface area contributed by atoms with Crippen molar-refractivity contribution in [1.82, 2.24) is 4.90 Å². The first-order chi connectivity index (χ1) is 8.65. The van der Waals surface area contributed by atoms with E-state index in [0.29, 0.717) is 12.5 Å². The van der Waals surface area contributed by atoms with Gasteiger partial charge >= 0.3 is 12.1 Å². The number of rotatable bonds is 4. The van der Waals surface area contributed by atoms with Gasteiger partial charge in [-0.1, -0.05) is 31.9 Å². The van der Waals surface area contributed by atoms with Crippen LogP contribution in [-0.2, 0) is 9.53 Å². The van der Waals surface area contributed by atoms with E-state index in [2.05, 4.69) is 6.58 Å². The van der Waals surface area contributed by atoms with Crippen LogP contribution in [0.15, 0.2) is 12.7 Å². The first kappa shape index (κ1) is 12.9. The van der Waals surface area contributed by atoms with Crippen molar-refractivity contribution < 1.29 is 19.4 Å². The summed E-state index contributed by atoms with van der Waals surface area (Å²) in [5, 5.41) is 9.33. The van der Waals surface area contributed by atoms with Crippen molar-refractivity contribution in [1.29, 1.82) is 0 Å². The molecular formula is C13H19NO4. The minimum atomic E-state index is -0.917. The Morgan fingerprint density at radius 1 is 1.39 bits per heavy atom. The van der Waals surface area contributed by atoms with Gasteiger partial charge in [-0.2, -0.15) is 0 Å². The second-order valence-corrected chi connectivity index (χ2v) is 4.99. The number of amides is 1. The molecule has 1 amide bonds. The number of hydrogen-bond acceptors (Lipinski definition) is 3. The van der Waals surface area contributed by atoms with E-state index in [-0.39, 0.29) is 12.5 Å². The minimum absolute atomic E-state index is 0.0903. The molecule has 1 aliphatic heterocycles. The number of carboxylic acid groups (broad SMARTS) is 1. The van der Waals surface area contributed by atoms with Gasteiger partial charge in [0.25, 0.3) is 0 Å². The number of ether oxygens (including phenoxy) is 1. The minimum Gasteiger partial charge on any atom is -0.480 e. The van der Waals surface area contributed by atoms with E-state index in [1.807, 2.05) is 0 Å². The molecule has 0 spiro atoms. The predicted octanol–water partition coefficient (Wildman–Crippen LogP) is 1.88. The number of carboxylic acids is 1. The van der Waals surface area contributed by atoms with Crippen molar-refractivity contribution in [2.75, 3.05) is 13.2 Å². The number of hydrogen-bond donors (Lipinski definition) is 1. The lowest BCUT2D eigenvalue weighted by Gasteiger charge is -2.34. The lowest BCUT2D eigenvalue weighted by molar-refractivity contribution is -0.144. The van der Waals surface area contributed by atoms with Gasteiger partial charge in [-0.25, -0.2) is 9.59 Å². The lowest BCUT2D eigenvalue weighted by atomic mass is 9.73. The molecule has 2 atom stereocenters. The maximum Gasteiger partial charge on any atom is 0.410 e. The third-order valence-corrected chi connectivity index (χ3v) is 4.01. The molecule has 0 unspecified atom stereocenters. The van der Waals surface area contributed by atoms with E-state index in [1.165, 1.54) is 17.4 Å². The van der Waals surface area contributed by atoms with Crippen LogP contribution >= 0.6 is 0 Å². The number of nitrogens with zero attached hydrogens (tertiary/aromatic N) is 1. The fraction of sp³-hybridized carbons (Fsp3) is 0.692. The van der Waals surface area contributed by atoms with Crippen LogP contribution in [0.3, 0.4) is 0 Å². The van der Waals surface area contributed by atoms with Gasteiger partial charge in [-0.3, -0.25) is 4.90 Å². The Balaban J connectivity index is 2.03. The maximum absolute atomic E-state index is 11.8. The summed E-state index contributed by atoms with van der Waals surface area (Å²) < 4.78 is 4.94. The molecule has 0 aromatic rings. The molecule has 2 aliphatic rings. The van der Waals surface area contributed by atoms with E-state index in [9.17, 15) is 14.7 Å². The Hall–Kier alpha value is -1.52. The fourth-order valence-electron chi connectivity index (χ4n) is 2.91. The molecule has 1 saturated heterocycles. The molecule has 0 aromatic heterocycles. The molecule has 2 fully saturated rings. The lowest BCUT2D eigenvalue weighted by Crippen LogP contribution is -2.45. The third kappa shape index (κ3) is 2.35. The molecule has 5 nitrogen and oxygen atoms in total. The summed E-state index contributed by atoms with van der Waals surface area (Å²) in [6.07, 6.45) is 5.06. The molecule has 5 heteroatoms. The van der Waals surface area contributed by atoms with Crippen molar-refractivity contribution in [3.63, 3.8) is 0 Å². The average molecular weight is 253 g/mol. The van der Waals surface area contributed by atoms with E-state index in [4.69, 9.17) is 4.74 Å². The zero-order valence-corrected chi connectivity index (χ0v) is 10.4.